The lowest BCUT2D eigenvalue weighted by Gasteiger charge is -2.25. The van der Waals surface area contributed by atoms with E-state index in [1.54, 1.807) is 0 Å². The van der Waals surface area contributed by atoms with Gasteiger partial charge >= 0.3 is 0 Å². The Morgan fingerprint density at radius 2 is 1.88 bits per heavy atom. The summed E-state index contributed by atoms with van der Waals surface area (Å²) in [6.07, 6.45) is 0. The maximum atomic E-state index is 6.13. The first-order valence-corrected chi connectivity index (χ1v) is 9.30. The molecule has 0 aliphatic rings. The third-order valence-electron chi connectivity index (χ3n) is 2.83. The Bertz CT molecular complexity index is 400. The molecule has 1 aromatic carbocycles. The molecule has 2 heteroatoms. The van der Waals surface area contributed by atoms with Crippen molar-refractivity contribution in [1.29, 1.82) is 0 Å². The minimum atomic E-state index is -1.34. The van der Waals surface area contributed by atoms with Crippen LogP contribution in [0.3, 0.4) is 0 Å². The van der Waals surface area contributed by atoms with E-state index in [1.807, 2.05) is 0 Å². The molecule has 1 unspecified atom stereocenters. The molecule has 1 aromatic rings. The highest BCUT2D eigenvalue weighted by molar-refractivity contribution is 6.89. The summed E-state index contributed by atoms with van der Waals surface area (Å²) in [6.45, 7) is 15.2. The molecule has 88 valence electrons. The lowest BCUT2D eigenvalue weighted by atomic mass is 9.97. The Kier molecular flexibility index (Phi) is 3.76. The van der Waals surface area contributed by atoms with Gasteiger partial charge in [-0.2, -0.15) is 0 Å². The second-order valence-corrected chi connectivity index (χ2v) is 10.6. The fraction of sp³-hybridized carbons (Fsp3) is 0.429. The molecule has 1 nitrogen and oxygen atoms in total. The van der Waals surface area contributed by atoms with E-state index in [1.165, 1.54) is 16.3 Å². The van der Waals surface area contributed by atoms with Crippen molar-refractivity contribution in [2.24, 2.45) is 5.73 Å². The monoisotopic (exact) mass is 233 g/mol. The second-order valence-electron chi connectivity index (χ2n) is 5.59. The van der Waals surface area contributed by atoms with Crippen LogP contribution < -0.4 is 10.9 Å². The lowest BCUT2D eigenvalue weighted by molar-refractivity contribution is 0.820. The summed E-state index contributed by atoms with van der Waals surface area (Å²) in [6, 6.07) is 6.57. The van der Waals surface area contributed by atoms with E-state index in [2.05, 4.69) is 58.3 Å². The van der Waals surface area contributed by atoms with Gasteiger partial charge in [-0.25, -0.2) is 0 Å². The molecule has 16 heavy (non-hydrogen) atoms. The molecule has 0 aliphatic heterocycles. The summed E-state index contributed by atoms with van der Waals surface area (Å²) >= 11 is 0. The summed E-state index contributed by atoms with van der Waals surface area (Å²) in [4.78, 5) is 0. The van der Waals surface area contributed by atoms with Crippen molar-refractivity contribution in [3.8, 4) is 0 Å². The number of allylic oxidation sites excluding steroid dienone is 1. The molecule has 0 fully saturated rings. The van der Waals surface area contributed by atoms with Crippen molar-refractivity contribution >= 4 is 18.8 Å². The summed E-state index contributed by atoms with van der Waals surface area (Å²) < 4.78 is 0. The lowest BCUT2D eigenvalue weighted by Crippen LogP contribution is -2.42. The molecule has 0 radical (unpaired) electrons. The third-order valence-corrected chi connectivity index (χ3v) is 4.88. The average Bonchev–Trinajstić information content (AvgIpc) is 2.14. The second kappa shape index (κ2) is 4.56. The van der Waals surface area contributed by atoms with Crippen molar-refractivity contribution in [3.05, 3.63) is 35.9 Å². The Hall–Kier alpha value is -0.863. The normalized spacial score (nSPS) is 13.6. The first-order valence-electron chi connectivity index (χ1n) is 5.80. The van der Waals surface area contributed by atoms with Gasteiger partial charge in [0, 0.05) is 6.04 Å². The van der Waals surface area contributed by atoms with E-state index in [0.717, 1.165) is 5.57 Å². The summed E-state index contributed by atoms with van der Waals surface area (Å²) in [5.41, 5.74) is 9.77. The standard InChI is InChI=1S/C14H23NSi/c1-10(2)12-8-7-9-13(16(4,5)6)14(12)11(3)15/h7-9,11H,1,15H2,2-6H3. The highest BCUT2D eigenvalue weighted by Gasteiger charge is 2.23. The van der Waals surface area contributed by atoms with E-state index >= 15 is 0 Å². The van der Waals surface area contributed by atoms with Gasteiger partial charge in [-0.3, -0.25) is 0 Å². The van der Waals surface area contributed by atoms with Gasteiger partial charge in [-0.05, 0) is 25.0 Å². The molecule has 0 heterocycles. The molecule has 0 bridgehead atoms. The minimum Gasteiger partial charge on any atom is -0.324 e. The fourth-order valence-electron chi connectivity index (χ4n) is 2.08. The zero-order valence-corrected chi connectivity index (χ0v) is 12.1. The predicted molar refractivity (Wildman–Crippen MR) is 76.7 cm³/mol. The Morgan fingerprint density at radius 3 is 2.25 bits per heavy atom. The summed E-state index contributed by atoms with van der Waals surface area (Å²) in [7, 11) is -1.34. The van der Waals surface area contributed by atoms with Crippen molar-refractivity contribution in [1.82, 2.24) is 0 Å². The molecule has 0 aliphatic carbocycles. The topological polar surface area (TPSA) is 26.0 Å². The molecule has 1 atom stereocenters. The van der Waals surface area contributed by atoms with E-state index in [0.29, 0.717) is 0 Å². The third kappa shape index (κ3) is 2.63. The van der Waals surface area contributed by atoms with Crippen LogP contribution in [0.1, 0.15) is 31.0 Å². The summed E-state index contributed by atoms with van der Waals surface area (Å²) in [5.74, 6) is 0. The van der Waals surface area contributed by atoms with Crippen LogP contribution in [0.15, 0.2) is 24.8 Å². The SMILES string of the molecule is C=C(C)c1cccc([Si](C)(C)C)c1C(C)N. The van der Waals surface area contributed by atoms with E-state index < -0.39 is 8.07 Å². The van der Waals surface area contributed by atoms with E-state index in [9.17, 15) is 0 Å². The molecular weight excluding hydrogens is 210 g/mol. The van der Waals surface area contributed by atoms with Crippen LogP contribution >= 0.6 is 0 Å². The van der Waals surface area contributed by atoms with Crippen LogP contribution in [0.5, 0.6) is 0 Å². The van der Waals surface area contributed by atoms with E-state index in [-0.39, 0.29) is 6.04 Å². The van der Waals surface area contributed by atoms with Crippen molar-refractivity contribution in [3.63, 3.8) is 0 Å². The molecule has 0 saturated carbocycles. The first kappa shape index (κ1) is 13.2. The number of benzene rings is 1. The van der Waals surface area contributed by atoms with Crippen LogP contribution in [0, 0.1) is 0 Å². The number of nitrogens with two attached hydrogens (primary N) is 1. The van der Waals surface area contributed by atoms with E-state index in [4.69, 9.17) is 5.73 Å². The Balaban J connectivity index is 3.51. The molecule has 0 amide bonds. The quantitative estimate of drug-likeness (QED) is 0.797. The molecule has 0 spiro atoms. The maximum Gasteiger partial charge on any atom is 0.0780 e. The van der Waals surface area contributed by atoms with Gasteiger partial charge in [0.2, 0.25) is 0 Å². The maximum absolute atomic E-state index is 6.13. The molecular formula is C14H23NSi. The van der Waals surface area contributed by atoms with Gasteiger partial charge in [0.05, 0.1) is 8.07 Å². The van der Waals surface area contributed by atoms with Gasteiger partial charge < -0.3 is 5.73 Å². The fourth-order valence-corrected chi connectivity index (χ4v) is 3.85. The van der Waals surface area contributed by atoms with Crippen LogP contribution in [-0.4, -0.2) is 8.07 Å². The molecule has 1 rings (SSSR count). The number of rotatable bonds is 3. The van der Waals surface area contributed by atoms with Gasteiger partial charge in [0.25, 0.3) is 0 Å². The molecule has 0 saturated heterocycles. The first-order chi connectivity index (χ1) is 7.25. The van der Waals surface area contributed by atoms with Crippen molar-refractivity contribution in [2.45, 2.75) is 39.5 Å². The number of hydrogen-bond donors (Lipinski definition) is 1. The minimum absolute atomic E-state index is 0.0784. The molecule has 2 N–H and O–H groups in total. The van der Waals surface area contributed by atoms with Gasteiger partial charge in [0.1, 0.15) is 0 Å². The smallest absolute Gasteiger partial charge is 0.0780 e. The van der Waals surface area contributed by atoms with Crippen molar-refractivity contribution < 1.29 is 0 Å². The predicted octanol–water partition coefficient (Wildman–Crippen LogP) is 3.28. The Morgan fingerprint density at radius 1 is 1.31 bits per heavy atom. The largest absolute Gasteiger partial charge is 0.324 e. The van der Waals surface area contributed by atoms with Gasteiger partial charge in [-0.1, -0.05) is 55.2 Å². The number of hydrogen-bond acceptors (Lipinski definition) is 1. The van der Waals surface area contributed by atoms with Crippen LogP contribution in [0.4, 0.5) is 0 Å². The van der Waals surface area contributed by atoms with Crippen LogP contribution in [0.2, 0.25) is 19.6 Å². The highest BCUT2D eigenvalue weighted by atomic mass is 28.3. The van der Waals surface area contributed by atoms with Gasteiger partial charge in [-0.15, -0.1) is 0 Å². The average molecular weight is 233 g/mol. The van der Waals surface area contributed by atoms with Gasteiger partial charge in [0.15, 0.2) is 0 Å². The van der Waals surface area contributed by atoms with Crippen molar-refractivity contribution in [2.75, 3.05) is 0 Å². The highest BCUT2D eigenvalue weighted by Crippen LogP contribution is 2.23. The zero-order chi connectivity index (χ0) is 12.5. The Labute approximate surface area is 100 Å². The van der Waals surface area contributed by atoms with Crippen LogP contribution in [0.25, 0.3) is 5.57 Å². The zero-order valence-electron chi connectivity index (χ0n) is 11.1. The summed E-state index contributed by atoms with van der Waals surface area (Å²) in [5, 5.41) is 1.46. The van der Waals surface area contributed by atoms with Crippen LogP contribution in [-0.2, 0) is 0 Å². The molecule has 0 aromatic heterocycles.